The second kappa shape index (κ2) is 5.45. The highest BCUT2D eigenvalue weighted by Crippen LogP contribution is 2.37. The van der Waals surface area contributed by atoms with Crippen molar-refractivity contribution in [2.24, 2.45) is 5.73 Å². The zero-order valence-corrected chi connectivity index (χ0v) is 13.0. The maximum atomic E-state index is 12.7. The minimum Gasteiger partial charge on any atom is -0.364 e. The van der Waals surface area contributed by atoms with Crippen LogP contribution >= 0.6 is 0 Å². The van der Waals surface area contributed by atoms with Crippen LogP contribution in [-0.2, 0) is 5.54 Å². The Labute approximate surface area is 133 Å². The second-order valence-corrected chi connectivity index (χ2v) is 5.89. The SMILES string of the molecule is Cc1cc(C(N)=O)nc(C2(C)CCCN2C(=O)c2ccn[nH]2)n1. The van der Waals surface area contributed by atoms with Crippen LogP contribution in [0.4, 0.5) is 0 Å². The Morgan fingerprint density at radius 3 is 2.83 bits per heavy atom. The van der Waals surface area contributed by atoms with E-state index in [0.717, 1.165) is 6.42 Å². The molecule has 1 fully saturated rings. The first-order valence-corrected chi connectivity index (χ1v) is 7.39. The molecule has 2 aromatic heterocycles. The van der Waals surface area contributed by atoms with Crippen molar-refractivity contribution in [3.63, 3.8) is 0 Å². The van der Waals surface area contributed by atoms with E-state index in [4.69, 9.17) is 5.73 Å². The van der Waals surface area contributed by atoms with E-state index in [9.17, 15) is 9.59 Å². The second-order valence-electron chi connectivity index (χ2n) is 5.89. The molecule has 1 aliphatic heterocycles. The number of carbonyl (C=O) groups excluding carboxylic acids is 2. The number of carbonyl (C=O) groups is 2. The van der Waals surface area contributed by atoms with Gasteiger partial charge in [-0.3, -0.25) is 14.7 Å². The van der Waals surface area contributed by atoms with Crippen LogP contribution in [0.15, 0.2) is 18.3 Å². The molecule has 1 saturated heterocycles. The maximum Gasteiger partial charge on any atom is 0.272 e. The predicted molar refractivity (Wildman–Crippen MR) is 81.5 cm³/mol. The first-order chi connectivity index (χ1) is 10.9. The number of likely N-dealkylation sites (tertiary alicyclic amines) is 1. The van der Waals surface area contributed by atoms with Crippen LogP contribution in [0, 0.1) is 6.92 Å². The molecule has 3 heterocycles. The van der Waals surface area contributed by atoms with E-state index in [2.05, 4.69) is 20.2 Å². The third kappa shape index (κ3) is 2.56. The average Bonchev–Trinajstić information content (AvgIpc) is 3.16. The van der Waals surface area contributed by atoms with Crippen LogP contribution in [0.1, 0.15) is 52.3 Å². The lowest BCUT2D eigenvalue weighted by molar-refractivity contribution is 0.0597. The van der Waals surface area contributed by atoms with Crippen molar-refractivity contribution in [3.05, 3.63) is 41.2 Å². The molecule has 0 saturated carbocycles. The third-order valence-electron chi connectivity index (χ3n) is 4.21. The fourth-order valence-electron chi connectivity index (χ4n) is 2.98. The van der Waals surface area contributed by atoms with Crippen LogP contribution in [0.25, 0.3) is 0 Å². The van der Waals surface area contributed by atoms with Gasteiger partial charge in [-0.2, -0.15) is 5.10 Å². The summed E-state index contributed by atoms with van der Waals surface area (Å²) in [6.45, 7) is 4.28. The zero-order valence-electron chi connectivity index (χ0n) is 13.0. The van der Waals surface area contributed by atoms with Crippen molar-refractivity contribution in [1.82, 2.24) is 25.1 Å². The van der Waals surface area contributed by atoms with Crippen molar-refractivity contribution in [3.8, 4) is 0 Å². The number of primary amides is 1. The summed E-state index contributed by atoms with van der Waals surface area (Å²) in [5.74, 6) is -0.324. The Morgan fingerprint density at radius 2 is 2.17 bits per heavy atom. The van der Waals surface area contributed by atoms with Crippen LogP contribution in [-0.4, -0.2) is 43.4 Å². The van der Waals surface area contributed by atoms with Gasteiger partial charge >= 0.3 is 0 Å². The van der Waals surface area contributed by atoms with Gasteiger partial charge in [-0.15, -0.1) is 0 Å². The Morgan fingerprint density at radius 1 is 1.39 bits per heavy atom. The van der Waals surface area contributed by atoms with Crippen molar-refractivity contribution >= 4 is 11.8 Å². The van der Waals surface area contributed by atoms with E-state index in [0.29, 0.717) is 30.2 Å². The summed E-state index contributed by atoms with van der Waals surface area (Å²) in [5.41, 5.74) is 5.88. The summed E-state index contributed by atoms with van der Waals surface area (Å²) in [4.78, 5) is 34.6. The molecule has 3 rings (SSSR count). The molecule has 8 nitrogen and oxygen atoms in total. The molecular formula is C15H18N6O2. The molecule has 3 N–H and O–H groups in total. The lowest BCUT2D eigenvalue weighted by Gasteiger charge is -2.33. The molecule has 2 amide bonds. The molecule has 0 radical (unpaired) electrons. The van der Waals surface area contributed by atoms with Gasteiger partial charge in [0.25, 0.3) is 11.8 Å². The number of aryl methyl sites for hydroxylation is 1. The molecule has 23 heavy (non-hydrogen) atoms. The maximum absolute atomic E-state index is 12.7. The number of hydrogen-bond donors (Lipinski definition) is 2. The number of aromatic nitrogens is 4. The highest BCUT2D eigenvalue weighted by molar-refractivity contribution is 5.93. The molecule has 1 aliphatic rings. The zero-order chi connectivity index (χ0) is 16.6. The minimum atomic E-state index is -0.682. The van der Waals surface area contributed by atoms with Gasteiger partial charge in [0.15, 0.2) is 5.82 Å². The van der Waals surface area contributed by atoms with E-state index >= 15 is 0 Å². The molecule has 8 heteroatoms. The highest BCUT2D eigenvalue weighted by Gasteiger charge is 2.44. The summed E-state index contributed by atoms with van der Waals surface area (Å²) in [7, 11) is 0. The van der Waals surface area contributed by atoms with Gasteiger partial charge in [0.05, 0.1) is 0 Å². The third-order valence-corrected chi connectivity index (χ3v) is 4.21. The summed E-state index contributed by atoms with van der Waals surface area (Å²) < 4.78 is 0. The summed E-state index contributed by atoms with van der Waals surface area (Å²) in [5, 5.41) is 6.51. The fraction of sp³-hybridized carbons (Fsp3) is 0.400. The van der Waals surface area contributed by atoms with E-state index in [1.807, 2.05) is 6.92 Å². The smallest absolute Gasteiger partial charge is 0.272 e. The topological polar surface area (TPSA) is 118 Å². The average molecular weight is 314 g/mol. The van der Waals surface area contributed by atoms with Gasteiger partial charge in [0, 0.05) is 18.4 Å². The number of aromatic amines is 1. The number of H-pyrrole nitrogens is 1. The normalized spacial score (nSPS) is 20.7. The molecule has 0 aliphatic carbocycles. The predicted octanol–water partition coefficient (Wildman–Crippen LogP) is 0.758. The van der Waals surface area contributed by atoms with Gasteiger partial charge in [-0.1, -0.05) is 0 Å². The first-order valence-electron chi connectivity index (χ1n) is 7.39. The standard InChI is InChI=1S/C15H18N6O2/c1-9-8-11(12(16)22)19-14(18-9)15(2)5-3-7-21(15)13(23)10-4-6-17-20-10/h4,6,8H,3,5,7H2,1-2H3,(H2,16,22)(H,17,20). The van der Waals surface area contributed by atoms with Gasteiger partial charge < -0.3 is 10.6 Å². The summed E-state index contributed by atoms with van der Waals surface area (Å²) >= 11 is 0. The van der Waals surface area contributed by atoms with E-state index < -0.39 is 11.4 Å². The Bertz CT molecular complexity index is 757. The number of amides is 2. The van der Waals surface area contributed by atoms with E-state index in [1.54, 1.807) is 24.0 Å². The number of nitrogens with zero attached hydrogens (tertiary/aromatic N) is 4. The van der Waals surface area contributed by atoms with Crippen molar-refractivity contribution in [2.75, 3.05) is 6.54 Å². The van der Waals surface area contributed by atoms with Crippen LogP contribution in [0.5, 0.6) is 0 Å². The quantitative estimate of drug-likeness (QED) is 0.867. The van der Waals surface area contributed by atoms with Crippen molar-refractivity contribution in [2.45, 2.75) is 32.2 Å². The number of nitrogens with one attached hydrogen (secondary N) is 1. The molecule has 1 unspecified atom stereocenters. The lowest BCUT2D eigenvalue weighted by Crippen LogP contribution is -2.44. The van der Waals surface area contributed by atoms with Crippen molar-refractivity contribution < 1.29 is 9.59 Å². The minimum absolute atomic E-state index is 0.159. The van der Waals surface area contributed by atoms with E-state index in [-0.39, 0.29) is 11.6 Å². The molecule has 0 bridgehead atoms. The van der Waals surface area contributed by atoms with Gasteiger partial charge in [0.2, 0.25) is 0 Å². The van der Waals surface area contributed by atoms with Gasteiger partial charge in [-0.05, 0) is 38.8 Å². The van der Waals surface area contributed by atoms with Crippen LogP contribution in [0.3, 0.4) is 0 Å². The van der Waals surface area contributed by atoms with Crippen LogP contribution < -0.4 is 5.73 Å². The molecule has 0 spiro atoms. The Balaban J connectivity index is 2.03. The number of nitrogens with two attached hydrogens (primary N) is 1. The van der Waals surface area contributed by atoms with Crippen LogP contribution in [0.2, 0.25) is 0 Å². The molecular weight excluding hydrogens is 296 g/mol. The van der Waals surface area contributed by atoms with Gasteiger partial charge in [-0.25, -0.2) is 9.97 Å². The number of rotatable bonds is 3. The molecule has 1 atom stereocenters. The Hall–Kier alpha value is -2.77. The molecule has 0 aromatic carbocycles. The first kappa shape index (κ1) is 15.1. The highest BCUT2D eigenvalue weighted by atomic mass is 16.2. The van der Waals surface area contributed by atoms with E-state index in [1.165, 1.54) is 6.20 Å². The number of hydrogen-bond acceptors (Lipinski definition) is 5. The lowest BCUT2D eigenvalue weighted by atomic mass is 9.97. The van der Waals surface area contributed by atoms with Gasteiger partial charge in [0.1, 0.15) is 16.9 Å². The monoisotopic (exact) mass is 314 g/mol. The molecule has 120 valence electrons. The van der Waals surface area contributed by atoms with Crippen molar-refractivity contribution in [1.29, 1.82) is 0 Å². The molecule has 2 aromatic rings. The Kier molecular flexibility index (Phi) is 3.59. The summed E-state index contributed by atoms with van der Waals surface area (Å²) in [6, 6.07) is 3.18. The summed E-state index contributed by atoms with van der Waals surface area (Å²) in [6.07, 6.45) is 3.09. The fourth-order valence-corrected chi connectivity index (χ4v) is 2.98. The largest absolute Gasteiger partial charge is 0.364 e.